The third-order valence-corrected chi connectivity index (χ3v) is 1.01. The van der Waals surface area contributed by atoms with E-state index in [0.29, 0.717) is 5.92 Å². The van der Waals surface area contributed by atoms with Crippen LogP contribution < -0.4 is 5.32 Å². The van der Waals surface area contributed by atoms with Gasteiger partial charge in [0.2, 0.25) is 0 Å². The topological polar surface area (TPSA) is 29.1 Å². The number of carbonyl (C=O) groups is 1. The Bertz CT molecular complexity index is 58.6. The highest BCUT2D eigenvalue weighted by atomic mass is 16.1. The van der Waals surface area contributed by atoms with Gasteiger partial charge in [-0.15, -0.1) is 0 Å². The first-order chi connectivity index (χ1) is 2.93. The van der Waals surface area contributed by atoms with Gasteiger partial charge < -0.3 is 10.1 Å². The van der Waals surface area contributed by atoms with E-state index in [2.05, 4.69) is 5.32 Å². The number of hydrogen-bond donors (Lipinski definition) is 1. The molecule has 2 nitrogen and oxygen atoms in total. The minimum Gasteiger partial charge on any atom is -0.315 e. The van der Waals surface area contributed by atoms with Crippen LogP contribution in [0.1, 0.15) is 0 Å². The lowest BCUT2D eigenvalue weighted by Gasteiger charge is -2.20. The molecule has 1 heterocycles. The third-order valence-electron chi connectivity index (χ3n) is 1.01. The largest absolute Gasteiger partial charge is 0.315 e. The van der Waals surface area contributed by atoms with E-state index in [1.807, 2.05) is 0 Å². The molecule has 1 saturated heterocycles. The molecule has 0 aromatic carbocycles. The number of nitrogens with one attached hydrogen (secondary N) is 1. The maximum Gasteiger partial charge on any atom is 0.125 e. The standard InChI is InChI=1S/C4H7NO/c6-3-4-1-5-2-4/h3-5H,1-2H2. The summed E-state index contributed by atoms with van der Waals surface area (Å²) >= 11 is 0. The number of rotatable bonds is 1. The van der Waals surface area contributed by atoms with Crippen molar-refractivity contribution >= 4 is 6.29 Å². The predicted molar refractivity (Wildman–Crippen MR) is 22.4 cm³/mol. The second-order valence-corrected chi connectivity index (χ2v) is 1.55. The normalized spacial score (nSPS) is 22.7. The average molecular weight is 85.1 g/mol. The fraction of sp³-hybridized carbons (Fsp3) is 0.750. The molecule has 0 aromatic heterocycles. The number of carbonyl (C=O) groups excluding carboxylic acids is 1. The van der Waals surface area contributed by atoms with Crippen molar-refractivity contribution in [2.75, 3.05) is 13.1 Å². The van der Waals surface area contributed by atoms with E-state index >= 15 is 0 Å². The summed E-state index contributed by atoms with van der Waals surface area (Å²) in [6, 6.07) is 0. The summed E-state index contributed by atoms with van der Waals surface area (Å²) in [5.41, 5.74) is 0. The van der Waals surface area contributed by atoms with Crippen LogP contribution in [0.15, 0.2) is 0 Å². The van der Waals surface area contributed by atoms with Gasteiger partial charge in [-0.05, 0) is 0 Å². The summed E-state index contributed by atoms with van der Waals surface area (Å²) in [7, 11) is 0. The van der Waals surface area contributed by atoms with Crippen LogP contribution in [0.25, 0.3) is 0 Å². The maximum absolute atomic E-state index is 9.75. The summed E-state index contributed by atoms with van der Waals surface area (Å²) in [6.45, 7) is 1.78. The first-order valence-corrected chi connectivity index (χ1v) is 2.09. The third kappa shape index (κ3) is 0.431. The lowest BCUT2D eigenvalue weighted by Crippen LogP contribution is -2.42. The van der Waals surface area contributed by atoms with E-state index in [1.54, 1.807) is 0 Å². The molecule has 0 bridgehead atoms. The van der Waals surface area contributed by atoms with Crippen LogP contribution in [0.5, 0.6) is 0 Å². The SMILES string of the molecule is O=CC1CNC1. The average Bonchev–Trinajstić information content (AvgIpc) is 1.31. The zero-order chi connectivity index (χ0) is 4.41. The molecule has 0 atom stereocenters. The molecule has 1 aliphatic heterocycles. The smallest absolute Gasteiger partial charge is 0.125 e. The zero-order valence-electron chi connectivity index (χ0n) is 3.48. The van der Waals surface area contributed by atoms with Crippen molar-refractivity contribution in [2.45, 2.75) is 0 Å². The van der Waals surface area contributed by atoms with E-state index in [4.69, 9.17) is 0 Å². The van der Waals surface area contributed by atoms with Gasteiger partial charge in [-0.25, -0.2) is 0 Å². The van der Waals surface area contributed by atoms with Crippen molar-refractivity contribution in [3.8, 4) is 0 Å². The molecular weight excluding hydrogens is 78.0 g/mol. The van der Waals surface area contributed by atoms with Gasteiger partial charge in [-0.2, -0.15) is 0 Å². The Hall–Kier alpha value is -0.370. The van der Waals surface area contributed by atoms with Crippen LogP contribution in [-0.4, -0.2) is 19.4 Å². The van der Waals surface area contributed by atoms with Gasteiger partial charge in [0, 0.05) is 19.0 Å². The molecule has 0 spiro atoms. The first-order valence-electron chi connectivity index (χ1n) is 2.09. The Morgan fingerprint density at radius 1 is 1.67 bits per heavy atom. The van der Waals surface area contributed by atoms with Gasteiger partial charge in [0.1, 0.15) is 6.29 Å². The van der Waals surface area contributed by atoms with Crippen LogP contribution >= 0.6 is 0 Å². The Labute approximate surface area is 36.5 Å². The second kappa shape index (κ2) is 1.39. The molecular formula is C4H7NO. The van der Waals surface area contributed by atoms with Crippen LogP contribution in [0.2, 0.25) is 0 Å². The fourth-order valence-corrected chi connectivity index (χ4v) is 0.407. The van der Waals surface area contributed by atoms with Crippen LogP contribution in [0.3, 0.4) is 0 Å². The molecule has 0 aromatic rings. The van der Waals surface area contributed by atoms with Gasteiger partial charge in [0.15, 0.2) is 0 Å². The van der Waals surface area contributed by atoms with E-state index < -0.39 is 0 Å². The molecule has 1 aliphatic rings. The van der Waals surface area contributed by atoms with Crippen LogP contribution in [-0.2, 0) is 4.79 Å². The molecule has 0 unspecified atom stereocenters. The molecule has 0 saturated carbocycles. The summed E-state index contributed by atoms with van der Waals surface area (Å²) in [4.78, 5) is 9.75. The predicted octanol–water partition coefficient (Wildman–Crippen LogP) is -0.595. The molecule has 1 fully saturated rings. The summed E-state index contributed by atoms with van der Waals surface area (Å²) < 4.78 is 0. The molecule has 0 amide bonds. The van der Waals surface area contributed by atoms with E-state index in [1.165, 1.54) is 0 Å². The highest BCUT2D eigenvalue weighted by Crippen LogP contribution is 1.94. The summed E-state index contributed by atoms with van der Waals surface area (Å²) in [5, 5.41) is 2.98. The van der Waals surface area contributed by atoms with Gasteiger partial charge in [-0.3, -0.25) is 0 Å². The number of aldehydes is 1. The van der Waals surface area contributed by atoms with E-state index in [-0.39, 0.29) is 0 Å². The highest BCUT2D eigenvalue weighted by molar-refractivity contribution is 5.55. The van der Waals surface area contributed by atoms with Gasteiger partial charge >= 0.3 is 0 Å². The van der Waals surface area contributed by atoms with Crippen LogP contribution in [0, 0.1) is 5.92 Å². The zero-order valence-corrected chi connectivity index (χ0v) is 3.48. The summed E-state index contributed by atoms with van der Waals surface area (Å²) in [6.07, 6.45) is 0.997. The van der Waals surface area contributed by atoms with Crippen LogP contribution in [0.4, 0.5) is 0 Å². The van der Waals surface area contributed by atoms with Crippen molar-refractivity contribution in [3.63, 3.8) is 0 Å². The lowest BCUT2D eigenvalue weighted by atomic mass is 10.1. The van der Waals surface area contributed by atoms with Gasteiger partial charge in [-0.1, -0.05) is 0 Å². The van der Waals surface area contributed by atoms with E-state index in [9.17, 15) is 4.79 Å². The van der Waals surface area contributed by atoms with Crippen molar-refractivity contribution in [2.24, 2.45) is 5.92 Å². The maximum atomic E-state index is 9.75. The molecule has 2 heteroatoms. The Morgan fingerprint density at radius 2 is 2.33 bits per heavy atom. The minimum absolute atomic E-state index is 0.324. The molecule has 6 heavy (non-hydrogen) atoms. The Balaban J connectivity index is 2.16. The number of hydrogen-bond acceptors (Lipinski definition) is 2. The molecule has 0 radical (unpaired) electrons. The first kappa shape index (κ1) is 3.81. The quantitative estimate of drug-likeness (QED) is 0.431. The van der Waals surface area contributed by atoms with Crippen molar-refractivity contribution < 1.29 is 4.79 Å². The van der Waals surface area contributed by atoms with Gasteiger partial charge in [0.05, 0.1) is 0 Å². The molecule has 34 valence electrons. The summed E-state index contributed by atoms with van der Waals surface area (Å²) in [5.74, 6) is 0.324. The minimum atomic E-state index is 0.324. The molecule has 0 aliphatic carbocycles. The van der Waals surface area contributed by atoms with E-state index in [0.717, 1.165) is 19.4 Å². The Morgan fingerprint density at radius 3 is 2.33 bits per heavy atom. The van der Waals surface area contributed by atoms with Crippen molar-refractivity contribution in [3.05, 3.63) is 0 Å². The fourth-order valence-electron chi connectivity index (χ4n) is 0.407. The van der Waals surface area contributed by atoms with Crippen molar-refractivity contribution in [1.82, 2.24) is 5.32 Å². The Kier molecular flexibility index (Phi) is 0.881. The molecule has 1 N–H and O–H groups in total. The van der Waals surface area contributed by atoms with Crippen molar-refractivity contribution in [1.29, 1.82) is 0 Å². The second-order valence-electron chi connectivity index (χ2n) is 1.55. The lowest BCUT2D eigenvalue weighted by molar-refractivity contribution is -0.112. The monoisotopic (exact) mass is 85.1 g/mol. The molecule has 1 rings (SSSR count). The highest BCUT2D eigenvalue weighted by Gasteiger charge is 2.13. The van der Waals surface area contributed by atoms with Gasteiger partial charge in [0.25, 0.3) is 0 Å².